The van der Waals surface area contributed by atoms with Gasteiger partial charge in [0.1, 0.15) is 5.60 Å². The van der Waals surface area contributed by atoms with Gasteiger partial charge in [0.2, 0.25) is 0 Å². The van der Waals surface area contributed by atoms with Gasteiger partial charge in [-0.05, 0) is 31.4 Å². The Morgan fingerprint density at radius 3 is 2.14 bits per heavy atom. The summed E-state index contributed by atoms with van der Waals surface area (Å²) in [5, 5.41) is 9.87. The lowest BCUT2D eigenvalue weighted by Crippen LogP contribution is -2.61. The van der Waals surface area contributed by atoms with Crippen LogP contribution in [0.15, 0.2) is 24.3 Å². The minimum Gasteiger partial charge on any atom is -0.383 e. The average molecular weight is 298 g/mol. The highest BCUT2D eigenvalue weighted by Crippen LogP contribution is 2.45. The second kappa shape index (κ2) is 5.26. The Labute approximate surface area is 123 Å². The molecule has 1 fully saturated rings. The third kappa shape index (κ3) is 2.48. The third-order valence-corrected chi connectivity index (χ3v) is 4.06. The van der Waals surface area contributed by atoms with Gasteiger partial charge < -0.3 is 14.9 Å². The number of amides is 1. The van der Waals surface area contributed by atoms with Crippen LogP contribution in [0.5, 0.6) is 0 Å². The Morgan fingerprint density at radius 2 is 1.71 bits per heavy atom. The van der Waals surface area contributed by atoms with Crippen LogP contribution < -0.4 is 9.80 Å². The van der Waals surface area contributed by atoms with Gasteiger partial charge in [0.25, 0.3) is 5.91 Å². The van der Waals surface area contributed by atoms with Crippen LogP contribution in [0.4, 0.5) is 20.2 Å². The van der Waals surface area contributed by atoms with E-state index in [1.165, 1.54) is 7.05 Å². The van der Waals surface area contributed by atoms with Crippen molar-refractivity contribution in [2.45, 2.75) is 30.8 Å². The van der Waals surface area contributed by atoms with Crippen LogP contribution in [0.25, 0.3) is 0 Å². The predicted octanol–water partition coefficient (Wildman–Crippen LogP) is 2.27. The molecular formula is C15H20F2N2O2. The molecule has 0 spiro atoms. The van der Waals surface area contributed by atoms with Crippen molar-refractivity contribution in [2.75, 3.05) is 30.9 Å². The van der Waals surface area contributed by atoms with Gasteiger partial charge in [-0.25, -0.2) is 0 Å². The van der Waals surface area contributed by atoms with Crippen LogP contribution in [-0.4, -0.2) is 43.7 Å². The number of rotatable bonds is 4. The van der Waals surface area contributed by atoms with Crippen molar-refractivity contribution < 1.29 is 18.7 Å². The van der Waals surface area contributed by atoms with Crippen molar-refractivity contribution in [1.29, 1.82) is 0 Å². The molecule has 1 saturated carbocycles. The molecule has 0 bridgehead atoms. The zero-order valence-corrected chi connectivity index (χ0v) is 12.4. The number of anilines is 2. The molecule has 0 aliphatic heterocycles. The van der Waals surface area contributed by atoms with E-state index >= 15 is 0 Å². The first-order valence-electron chi connectivity index (χ1n) is 6.85. The fourth-order valence-electron chi connectivity index (χ4n) is 2.47. The molecular weight excluding hydrogens is 278 g/mol. The molecule has 2 rings (SSSR count). The lowest BCUT2D eigenvalue weighted by atomic mass is 9.75. The molecule has 0 saturated heterocycles. The molecule has 0 atom stereocenters. The third-order valence-electron chi connectivity index (χ3n) is 4.06. The summed E-state index contributed by atoms with van der Waals surface area (Å²) in [7, 11) is 4.85. The quantitative estimate of drug-likeness (QED) is 0.927. The molecule has 116 valence electrons. The van der Waals surface area contributed by atoms with Crippen LogP contribution in [0.1, 0.15) is 19.3 Å². The van der Waals surface area contributed by atoms with E-state index in [1.807, 2.05) is 0 Å². The number of carbonyl (C=O) groups excluding carboxylic acids is 1. The molecule has 1 aliphatic rings. The van der Waals surface area contributed by atoms with Gasteiger partial charge in [-0.1, -0.05) is 12.1 Å². The van der Waals surface area contributed by atoms with Crippen LogP contribution in [0, 0.1) is 0 Å². The molecule has 21 heavy (non-hydrogen) atoms. The molecule has 0 radical (unpaired) electrons. The highest BCUT2D eigenvalue weighted by atomic mass is 19.3. The number of alkyl halides is 2. The molecule has 0 heterocycles. The topological polar surface area (TPSA) is 43.8 Å². The maximum absolute atomic E-state index is 14.3. The number of para-hydroxylation sites is 2. The Hall–Kier alpha value is -1.69. The van der Waals surface area contributed by atoms with Gasteiger partial charge >= 0.3 is 5.92 Å². The van der Waals surface area contributed by atoms with Crippen molar-refractivity contribution >= 4 is 17.3 Å². The first-order chi connectivity index (χ1) is 9.71. The minimum atomic E-state index is -3.78. The van der Waals surface area contributed by atoms with Crippen molar-refractivity contribution in [3.63, 3.8) is 0 Å². The first-order valence-corrected chi connectivity index (χ1v) is 6.85. The molecule has 1 aliphatic carbocycles. The zero-order valence-electron chi connectivity index (χ0n) is 12.4. The number of nitrogens with zero attached hydrogens (tertiary/aromatic N) is 2. The number of benzene rings is 1. The first kappa shape index (κ1) is 15.7. The summed E-state index contributed by atoms with van der Waals surface area (Å²) in [4.78, 5) is 14.8. The van der Waals surface area contributed by atoms with E-state index < -0.39 is 17.4 Å². The monoisotopic (exact) mass is 298 g/mol. The van der Waals surface area contributed by atoms with E-state index in [4.69, 9.17) is 0 Å². The summed E-state index contributed by atoms with van der Waals surface area (Å²) in [6.45, 7) is 0. The summed E-state index contributed by atoms with van der Waals surface area (Å²) in [6, 6.07) is 6.81. The molecule has 6 heteroatoms. The fraction of sp³-hybridized carbons (Fsp3) is 0.533. The largest absolute Gasteiger partial charge is 0.383 e. The Bertz CT molecular complexity index is 542. The molecule has 1 aromatic carbocycles. The van der Waals surface area contributed by atoms with E-state index in [9.17, 15) is 18.7 Å². The zero-order chi connectivity index (χ0) is 15.8. The standard InChI is InChI=1S/C15H20F2N2O2/c1-18(2)11-7-4-5-8-12(11)19(3)13(20)15(16,17)14(21)9-6-10-14/h4-5,7-8,21H,6,9-10H2,1-3H3. The fourth-order valence-corrected chi connectivity index (χ4v) is 2.47. The van der Waals surface area contributed by atoms with Crippen LogP contribution >= 0.6 is 0 Å². The Balaban J connectivity index is 2.32. The molecule has 4 nitrogen and oxygen atoms in total. The summed E-state index contributed by atoms with van der Waals surface area (Å²) in [6.07, 6.45) is 0.418. The molecule has 0 aromatic heterocycles. The highest BCUT2D eigenvalue weighted by Gasteiger charge is 2.62. The molecule has 0 unspecified atom stereocenters. The summed E-state index contributed by atoms with van der Waals surface area (Å²) < 4.78 is 28.5. The van der Waals surface area contributed by atoms with E-state index in [0.29, 0.717) is 17.8 Å². The van der Waals surface area contributed by atoms with Crippen LogP contribution in [0.3, 0.4) is 0 Å². The average Bonchev–Trinajstić information content (AvgIpc) is 2.42. The van der Waals surface area contributed by atoms with Crippen molar-refractivity contribution in [2.24, 2.45) is 0 Å². The maximum Gasteiger partial charge on any atom is 0.352 e. The van der Waals surface area contributed by atoms with Gasteiger partial charge in [0.05, 0.1) is 11.4 Å². The Morgan fingerprint density at radius 1 is 1.19 bits per heavy atom. The SMILES string of the molecule is CN(C)c1ccccc1N(C)C(=O)C(F)(F)C1(O)CCC1. The number of aliphatic hydroxyl groups is 1. The molecule has 1 aromatic rings. The highest BCUT2D eigenvalue weighted by molar-refractivity contribution is 6.01. The van der Waals surface area contributed by atoms with E-state index in [2.05, 4.69) is 0 Å². The van der Waals surface area contributed by atoms with Crippen LogP contribution in [0.2, 0.25) is 0 Å². The van der Waals surface area contributed by atoms with Gasteiger partial charge in [0, 0.05) is 21.1 Å². The van der Waals surface area contributed by atoms with Crippen molar-refractivity contribution in [3.05, 3.63) is 24.3 Å². The van der Waals surface area contributed by atoms with E-state index in [1.54, 1.807) is 43.3 Å². The van der Waals surface area contributed by atoms with Gasteiger partial charge in [-0.3, -0.25) is 4.79 Å². The van der Waals surface area contributed by atoms with Crippen molar-refractivity contribution in [3.8, 4) is 0 Å². The minimum absolute atomic E-state index is 0.0467. The second-order valence-corrected chi connectivity index (χ2v) is 5.71. The number of halogens is 2. The summed E-state index contributed by atoms with van der Waals surface area (Å²) in [5.41, 5.74) is -1.16. The Kier molecular flexibility index (Phi) is 3.93. The summed E-state index contributed by atoms with van der Waals surface area (Å²) in [5.74, 6) is -5.15. The molecule has 1 amide bonds. The summed E-state index contributed by atoms with van der Waals surface area (Å²) >= 11 is 0. The second-order valence-electron chi connectivity index (χ2n) is 5.71. The van der Waals surface area contributed by atoms with Gasteiger partial charge in [-0.2, -0.15) is 8.78 Å². The number of carbonyl (C=O) groups is 1. The number of hydrogen-bond donors (Lipinski definition) is 1. The van der Waals surface area contributed by atoms with Crippen molar-refractivity contribution in [1.82, 2.24) is 0 Å². The van der Waals surface area contributed by atoms with Crippen LogP contribution in [-0.2, 0) is 4.79 Å². The lowest BCUT2D eigenvalue weighted by molar-refractivity contribution is -0.213. The van der Waals surface area contributed by atoms with E-state index in [0.717, 1.165) is 4.90 Å². The predicted molar refractivity (Wildman–Crippen MR) is 77.9 cm³/mol. The van der Waals surface area contributed by atoms with Gasteiger partial charge in [0.15, 0.2) is 0 Å². The smallest absolute Gasteiger partial charge is 0.352 e. The maximum atomic E-state index is 14.3. The number of hydrogen-bond acceptors (Lipinski definition) is 3. The van der Waals surface area contributed by atoms with E-state index in [-0.39, 0.29) is 12.8 Å². The lowest BCUT2D eigenvalue weighted by Gasteiger charge is -2.42. The van der Waals surface area contributed by atoms with Gasteiger partial charge in [-0.15, -0.1) is 0 Å². The molecule has 1 N–H and O–H groups in total. The normalized spacial score (nSPS) is 17.0.